The highest BCUT2D eigenvalue weighted by atomic mass is 16.5. The molecule has 4 rings (SSSR count). The first-order valence-corrected chi connectivity index (χ1v) is 10.9. The third-order valence-corrected chi connectivity index (χ3v) is 5.82. The Balaban J connectivity index is 1.91. The second-order valence-corrected chi connectivity index (χ2v) is 7.86. The van der Waals surface area contributed by atoms with Crippen LogP contribution in [0, 0.1) is 11.3 Å². The quantitative estimate of drug-likeness (QED) is 0.482. The number of nitrogens with two attached hydrogens (primary N) is 2. The molecule has 0 saturated heterocycles. The molecule has 1 aliphatic heterocycles. The lowest BCUT2D eigenvalue weighted by molar-refractivity contribution is -0.139. The van der Waals surface area contributed by atoms with Crippen LogP contribution in [-0.2, 0) is 19.1 Å². The van der Waals surface area contributed by atoms with Gasteiger partial charge in [-0.1, -0.05) is 30.3 Å². The van der Waals surface area contributed by atoms with E-state index >= 15 is 0 Å². The number of methoxy groups -OCH3 is 2. The summed E-state index contributed by atoms with van der Waals surface area (Å²) in [7, 11) is 2.36. The number of carbonyl (C=O) groups is 3. The largest absolute Gasteiger partial charge is 0.466 e. The zero-order valence-corrected chi connectivity index (χ0v) is 19.9. The molecule has 0 bridgehead atoms. The molecule has 1 aromatic heterocycles. The maximum Gasteiger partial charge on any atom is 0.355 e. The van der Waals surface area contributed by atoms with Gasteiger partial charge in [0, 0.05) is 11.9 Å². The van der Waals surface area contributed by atoms with Crippen LogP contribution in [0.25, 0.3) is 5.69 Å². The van der Waals surface area contributed by atoms with E-state index in [-0.39, 0.29) is 28.4 Å². The normalized spacial score (nSPS) is 15.3. The lowest BCUT2D eigenvalue weighted by Crippen LogP contribution is -2.40. The van der Waals surface area contributed by atoms with Gasteiger partial charge < -0.3 is 20.9 Å². The number of hydrogen-bond donors (Lipinski definition) is 2. The van der Waals surface area contributed by atoms with Crippen molar-refractivity contribution in [3.63, 3.8) is 0 Å². The minimum atomic E-state index is -0.959. The van der Waals surface area contributed by atoms with Gasteiger partial charge in [0.15, 0.2) is 0 Å². The number of nitrogens with zero attached hydrogens (tertiary/aromatic N) is 4. The number of amides is 1. The van der Waals surface area contributed by atoms with Crippen LogP contribution in [0.4, 0.5) is 5.69 Å². The maximum absolute atomic E-state index is 13.1. The molecule has 37 heavy (non-hydrogen) atoms. The molecule has 1 aliphatic rings. The number of benzene rings is 2. The van der Waals surface area contributed by atoms with Crippen molar-refractivity contribution in [2.45, 2.75) is 5.92 Å². The first-order valence-electron chi connectivity index (χ1n) is 10.9. The second-order valence-electron chi connectivity index (χ2n) is 7.86. The minimum Gasteiger partial charge on any atom is -0.466 e. The molecule has 11 nitrogen and oxygen atoms in total. The van der Waals surface area contributed by atoms with Gasteiger partial charge >= 0.3 is 11.9 Å². The van der Waals surface area contributed by atoms with Gasteiger partial charge in [0.05, 0.1) is 43.0 Å². The summed E-state index contributed by atoms with van der Waals surface area (Å²) < 4.78 is 11.5. The van der Waals surface area contributed by atoms with E-state index in [9.17, 15) is 19.6 Å². The van der Waals surface area contributed by atoms with Crippen LogP contribution in [-0.4, -0.2) is 41.8 Å². The highest BCUT2D eigenvalue weighted by molar-refractivity contribution is 6.06. The van der Waals surface area contributed by atoms with Crippen molar-refractivity contribution in [3.8, 4) is 11.8 Å². The standard InChI is InChI=1S/C26H22N6O5/c1-36-25(34)21-20(15-6-4-3-5-7-15)18(14-27)23(28)32(22(21)26(35)37-2)17-10-8-16(9-11-17)31-13-12-19(30-31)24(29)33/h3-13,20H,28H2,1-2H3,(H2,29,33). The van der Waals surface area contributed by atoms with Gasteiger partial charge in [-0.3, -0.25) is 9.69 Å². The van der Waals surface area contributed by atoms with Gasteiger partial charge in [-0.25, -0.2) is 14.3 Å². The number of rotatable bonds is 6. The van der Waals surface area contributed by atoms with Gasteiger partial charge in [-0.15, -0.1) is 0 Å². The van der Waals surface area contributed by atoms with Gasteiger partial charge in [-0.2, -0.15) is 10.4 Å². The van der Waals surface area contributed by atoms with Crippen molar-refractivity contribution in [1.29, 1.82) is 5.26 Å². The van der Waals surface area contributed by atoms with Crippen LogP contribution >= 0.6 is 0 Å². The van der Waals surface area contributed by atoms with Crippen molar-refractivity contribution < 1.29 is 23.9 Å². The third-order valence-electron chi connectivity index (χ3n) is 5.82. The number of primary amides is 1. The molecular formula is C26H22N6O5. The number of carbonyl (C=O) groups excluding carboxylic acids is 3. The van der Waals surface area contributed by atoms with E-state index in [1.165, 1.54) is 29.9 Å². The van der Waals surface area contributed by atoms with Crippen molar-refractivity contribution in [2.75, 3.05) is 19.1 Å². The van der Waals surface area contributed by atoms with Gasteiger partial charge in [0.2, 0.25) is 0 Å². The summed E-state index contributed by atoms with van der Waals surface area (Å²) in [6.07, 6.45) is 1.57. The fourth-order valence-electron chi connectivity index (χ4n) is 4.14. The fourth-order valence-corrected chi connectivity index (χ4v) is 4.14. The molecule has 1 amide bonds. The summed E-state index contributed by atoms with van der Waals surface area (Å²) in [5.74, 6) is -3.33. The van der Waals surface area contributed by atoms with Crippen molar-refractivity contribution >= 4 is 23.5 Å². The van der Waals surface area contributed by atoms with Crippen molar-refractivity contribution in [2.24, 2.45) is 11.5 Å². The molecule has 3 aromatic rings. The van der Waals surface area contributed by atoms with Gasteiger partial charge in [0.1, 0.15) is 17.2 Å². The molecule has 186 valence electrons. The Morgan fingerprint density at radius 1 is 0.946 bits per heavy atom. The Morgan fingerprint density at radius 2 is 1.57 bits per heavy atom. The second kappa shape index (κ2) is 10.1. The minimum absolute atomic E-state index is 0.0488. The Morgan fingerprint density at radius 3 is 2.11 bits per heavy atom. The molecular weight excluding hydrogens is 476 g/mol. The summed E-state index contributed by atoms with van der Waals surface area (Å²) in [5.41, 5.74) is 13.2. The lowest BCUT2D eigenvalue weighted by Gasteiger charge is -2.35. The lowest BCUT2D eigenvalue weighted by atomic mass is 9.81. The number of anilines is 1. The van der Waals surface area contributed by atoms with Crippen LogP contribution in [0.1, 0.15) is 22.0 Å². The molecule has 2 aromatic carbocycles. The zero-order chi connectivity index (χ0) is 26.7. The molecule has 0 fully saturated rings. The van der Waals surface area contributed by atoms with E-state index in [2.05, 4.69) is 11.2 Å². The predicted octanol–water partition coefficient (Wildman–Crippen LogP) is 1.87. The smallest absolute Gasteiger partial charge is 0.355 e. The van der Waals surface area contributed by atoms with Crippen LogP contribution in [0.5, 0.6) is 0 Å². The molecule has 0 aliphatic carbocycles. The summed E-state index contributed by atoms with van der Waals surface area (Å²) in [5, 5.41) is 14.2. The number of esters is 2. The molecule has 2 heterocycles. The molecule has 1 atom stereocenters. The average molecular weight is 498 g/mol. The Hall–Kier alpha value is -5.37. The molecule has 0 saturated carbocycles. The molecule has 0 spiro atoms. The van der Waals surface area contributed by atoms with Crippen LogP contribution < -0.4 is 16.4 Å². The van der Waals surface area contributed by atoms with E-state index in [0.29, 0.717) is 16.9 Å². The van der Waals surface area contributed by atoms with E-state index in [1.807, 2.05) is 0 Å². The monoisotopic (exact) mass is 498 g/mol. The Kier molecular flexibility index (Phi) is 6.75. The molecule has 1 unspecified atom stereocenters. The number of aromatic nitrogens is 2. The van der Waals surface area contributed by atoms with Crippen LogP contribution in [0.3, 0.4) is 0 Å². The Bertz CT molecular complexity index is 1480. The summed E-state index contributed by atoms with van der Waals surface area (Å²) >= 11 is 0. The highest BCUT2D eigenvalue weighted by Gasteiger charge is 2.42. The van der Waals surface area contributed by atoms with Gasteiger partial charge in [-0.05, 0) is 35.9 Å². The highest BCUT2D eigenvalue weighted by Crippen LogP contribution is 2.43. The van der Waals surface area contributed by atoms with E-state index in [0.717, 1.165) is 0 Å². The van der Waals surface area contributed by atoms with Crippen LogP contribution in [0.2, 0.25) is 0 Å². The van der Waals surface area contributed by atoms with Crippen molar-refractivity contribution in [3.05, 3.63) is 101 Å². The number of nitriles is 1. The average Bonchev–Trinajstić information content (AvgIpc) is 3.43. The summed E-state index contributed by atoms with van der Waals surface area (Å²) in [4.78, 5) is 38.9. The van der Waals surface area contributed by atoms with E-state index < -0.39 is 23.8 Å². The number of ether oxygens (including phenoxy) is 2. The van der Waals surface area contributed by atoms with E-state index in [1.54, 1.807) is 60.8 Å². The molecule has 0 radical (unpaired) electrons. The zero-order valence-electron chi connectivity index (χ0n) is 19.9. The first-order chi connectivity index (χ1) is 17.8. The molecule has 4 N–H and O–H groups in total. The Labute approximate surface area is 211 Å². The van der Waals surface area contributed by atoms with Gasteiger partial charge in [0.25, 0.3) is 5.91 Å². The number of hydrogen-bond acceptors (Lipinski definition) is 9. The van der Waals surface area contributed by atoms with Crippen molar-refractivity contribution in [1.82, 2.24) is 9.78 Å². The maximum atomic E-state index is 13.1. The van der Waals surface area contributed by atoms with E-state index in [4.69, 9.17) is 20.9 Å². The first kappa shape index (κ1) is 24.7. The third kappa shape index (κ3) is 4.39. The molecule has 11 heteroatoms. The van der Waals surface area contributed by atoms with Crippen LogP contribution in [0.15, 0.2) is 89.5 Å². The predicted molar refractivity (Wildman–Crippen MR) is 132 cm³/mol. The topological polar surface area (TPSA) is 167 Å². The SMILES string of the molecule is COC(=O)C1=C(C(=O)OC)N(c2ccc(-n3ccc(C(N)=O)n3)cc2)C(N)=C(C#N)C1c1ccccc1. The summed E-state index contributed by atoms with van der Waals surface area (Å²) in [6, 6.07) is 18.8. The summed E-state index contributed by atoms with van der Waals surface area (Å²) in [6.45, 7) is 0. The number of allylic oxidation sites excluding steroid dienone is 1. The fraction of sp³-hybridized carbons (Fsp3) is 0.115.